The Morgan fingerprint density at radius 1 is 1.00 bits per heavy atom. The Balaban J connectivity index is 1.50. The summed E-state index contributed by atoms with van der Waals surface area (Å²) in [6, 6.07) is 0. The topological polar surface area (TPSA) is 21.7 Å². The van der Waals surface area contributed by atoms with E-state index in [2.05, 4.69) is 25.7 Å². The quantitative estimate of drug-likeness (QED) is 0.775. The molecule has 3 nitrogen and oxygen atoms in total. The van der Waals surface area contributed by atoms with Crippen LogP contribution in [-0.2, 0) is 9.47 Å². The average Bonchev–Trinajstić information content (AvgIpc) is 2.75. The van der Waals surface area contributed by atoms with E-state index in [-0.39, 0.29) is 5.79 Å². The van der Waals surface area contributed by atoms with Crippen LogP contribution in [-0.4, -0.2) is 43.0 Å². The first-order valence-electron chi connectivity index (χ1n) is 8.59. The second-order valence-corrected chi connectivity index (χ2v) is 7.81. The molecule has 0 radical (unpaired) electrons. The summed E-state index contributed by atoms with van der Waals surface area (Å²) in [5, 5.41) is 0. The third-order valence-corrected chi connectivity index (χ3v) is 5.36. The molecule has 0 bridgehead atoms. The molecule has 1 saturated carbocycles. The summed E-state index contributed by atoms with van der Waals surface area (Å²) in [4.78, 5) is 2.59. The molecule has 0 amide bonds. The van der Waals surface area contributed by atoms with Crippen LogP contribution in [0.3, 0.4) is 0 Å². The Bertz CT molecular complexity index is 315. The van der Waals surface area contributed by atoms with Crippen LogP contribution in [0.1, 0.15) is 52.9 Å². The molecule has 3 atom stereocenters. The minimum atomic E-state index is -0.218. The zero-order chi connectivity index (χ0) is 14.2. The average molecular weight is 281 g/mol. The van der Waals surface area contributed by atoms with E-state index < -0.39 is 0 Å². The van der Waals surface area contributed by atoms with Crippen LogP contribution in [0, 0.1) is 17.8 Å². The molecule has 1 aliphatic carbocycles. The summed E-state index contributed by atoms with van der Waals surface area (Å²) in [7, 11) is 0. The van der Waals surface area contributed by atoms with Crippen molar-refractivity contribution in [2.45, 2.75) is 64.8 Å². The van der Waals surface area contributed by atoms with Gasteiger partial charge in [-0.05, 0) is 37.0 Å². The Kier molecular flexibility index (Phi) is 4.40. The molecule has 0 N–H and O–H groups in total. The standard InChI is InChI=1S/C17H31NO2/c1-13-4-6-17(7-5-13)19-12-16(20-17)11-18-9-14(2)8-15(3)10-18/h13-16H,4-12H2,1-3H3. The van der Waals surface area contributed by atoms with Crippen LogP contribution < -0.4 is 0 Å². The van der Waals surface area contributed by atoms with Gasteiger partial charge in [-0.3, -0.25) is 0 Å². The Morgan fingerprint density at radius 2 is 1.65 bits per heavy atom. The first-order chi connectivity index (χ1) is 9.55. The number of likely N-dealkylation sites (tertiary alicyclic amines) is 1. The summed E-state index contributed by atoms with van der Waals surface area (Å²) >= 11 is 0. The lowest BCUT2D eigenvalue weighted by molar-refractivity contribution is -0.193. The van der Waals surface area contributed by atoms with Crippen LogP contribution in [0.2, 0.25) is 0 Å². The molecular formula is C17H31NO2. The molecule has 3 unspecified atom stereocenters. The molecular weight excluding hydrogens is 250 g/mol. The van der Waals surface area contributed by atoms with E-state index in [1.165, 1.54) is 32.4 Å². The Hall–Kier alpha value is -0.120. The van der Waals surface area contributed by atoms with Gasteiger partial charge in [0, 0.05) is 32.5 Å². The van der Waals surface area contributed by atoms with Gasteiger partial charge in [0.1, 0.15) is 0 Å². The van der Waals surface area contributed by atoms with Gasteiger partial charge in [-0.25, -0.2) is 0 Å². The van der Waals surface area contributed by atoms with E-state index in [1.54, 1.807) is 0 Å². The fourth-order valence-electron chi connectivity index (χ4n) is 4.40. The Labute approximate surface area is 124 Å². The minimum Gasteiger partial charge on any atom is -0.347 e. The van der Waals surface area contributed by atoms with Crippen LogP contribution >= 0.6 is 0 Å². The normalized spacial score (nSPS) is 47.0. The second kappa shape index (κ2) is 5.94. The van der Waals surface area contributed by atoms with Gasteiger partial charge >= 0.3 is 0 Å². The monoisotopic (exact) mass is 281 g/mol. The highest BCUT2D eigenvalue weighted by Crippen LogP contribution is 2.40. The lowest BCUT2D eigenvalue weighted by atomic mass is 9.86. The number of rotatable bonds is 2. The molecule has 3 aliphatic rings. The summed E-state index contributed by atoms with van der Waals surface area (Å²) < 4.78 is 12.4. The van der Waals surface area contributed by atoms with Crippen molar-refractivity contribution in [1.29, 1.82) is 0 Å². The van der Waals surface area contributed by atoms with Crippen LogP contribution in [0.4, 0.5) is 0 Å². The van der Waals surface area contributed by atoms with Crippen molar-refractivity contribution < 1.29 is 9.47 Å². The highest BCUT2D eigenvalue weighted by molar-refractivity contribution is 4.86. The molecule has 116 valence electrons. The largest absolute Gasteiger partial charge is 0.347 e. The van der Waals surface area contributed by atoms with Crippen molar-refractivity contribution in [3.63, 3.8) is 0 Å². The van der Waals surface area contributed by atoms with Crippen molar-refractivity contribution in [2.75, 3.05) is 26.2 Å². The lowest BCUT2D eigenvalue weighted by Crippen LogP contribution is -2.44. The summed E-state index contributed by atoms with van der Waals surface area (Å²) in [5.41, 5.74) is 0. The third-order valence-electron chi connectivity index (χ3n) is 5.36. The minimum absolute atomic E-state index is 0.218. The fourth-order valence-corrected chi connectivity index (χ4v) is 4.40. The Morgan fingerprint density at radius 3 is 2.30 bits per heavy atom. The van der Waals surface area contributed by atoms with Crippen molar-refractivity contribution in [3.05, 3.63) is 0 Å². The molecule has 2 aliphatic heterocycles. The SMILES string of the molecule is CC1CCC2(CC1)OCC(CN1CC(C)CC(C)C1)O2. The molecule has 3 heteroatoms. The van der Waals surface area contributed by atoms with Crippen molar-refractivity contribution >= 4 is 0 Å². The molecule has 3 rings (SSSR count). The first-order valence-corrected chi connectivity index (χ1v) is 8.59. The van der Waals surface area contributed by atoms with Gasteiger partial charge in [0.2, 0.25) is 0 Å². The van der Waals surface area contributed by atoms with E-state index in [4.69, 9.17) is 9.47 Å². The van der Waals surface area contributed by atoms with Crippen molar-refractivity contribution in [2.24, 2.45) is 17.8 Å². The van der Waals surface area contributed by atoms with Gasteiger partial charge in [-0.1, -0.05) is 20.8 Å². The van der Waals surface area contributed by atoms with E-state index >= 15 is 0 Å². The van der Waals surface area contributed by atoms with E-state index in [0.717, 1.165) is 43.7 Å². The molecule has 0 aromatic rings. The smallest absolute Gasteiger partial charge is 0.168 e. The summed E-state index contributed by atoms with van der Waals surface area (Å²) in [6.07, 6.45) is 6.37. The molecule has 20 heavy (non-hydrogen) atoms. The second-order valence-electron chi connectivity index (χ2n) is 7.81. The zero-order valence-corrected chi connectivity index (χ0v) is 13.4. The number of ether oxygens (including phenoxy) is 2. The van der Waals surface area contributed by atoms with E-state index in [1.807, 2.05) is 0 Å². The summed E-state index contributed by atoms with van der Waals surface area (Å²) in [6.45, 7) is 11.4. The third kappa shape index (κ3) is 3.37. The van der Waals surface area contributed by atoms with E-state index in [0.29, 0.717) is 6.10 Å². The zero-order valence-electron chi connectivity index (χ0n) is 13.4. The predicted molar refractivity (Wildman–Crippen MR) is 80.6 cm³/mol. The van der Waals surface area contributed by atoms with E-state index in [9.17, 15) is 0 Å². The maximum atomic E-state index is 6.35. The van der Waals surface area contributed by atoms with Crippen LogP contribution in [0.5, 0.6) is 0 Å². The van der Waals surface area contributed by atoms with Gasteiger partial charge in [-0.2, -0.15) is 0 Å². The van der Waals surface area contributed by atoms with Gasteiger partial charge < -0.3 is 14.4 Å². The van der Waals surface area contributed by atoms with Gasteiger partial charge in [0.25, 0.3) is 0 Å². The predicted octanol–water partition coefficient (Wildman–Crippen LogP) is 3.29. The maximum absolute atomic E-state index is 6.35. The molecule has 3 fully saturated rings. The van der Waals surface area contributed by atoms with Crippen LogP contribution in [0.25, 0.3) is 0 Å². The number of hydrogen-bond acceptors (Lipinski definition) is 3. The highest BCUT2D eigenvalue weighted by atomic mass is 16.7. The molecule has 2 heterocycles. The van der Waals surface area contributed by atoms with Crippen LogP contribution in [0.15, 0.2) is 0 Å². The van der Waals surface area contributed by atoms with Gasteiger partial charge in [0.15, 0.2) is 5.79 Å². The maximum Gasteiger partial charge on any atom is 0.168 e. The fraction of sp³-hybridized carbons (Fsp3) is 1.00. The van der Waals surface area contributed by atoms with Crippen molar-refractivity contribution in [1.82, 2.24) is 4.90 Å². The number of nitrogens with zero attached hydrogens (tertiary/aromatic N) is 1. The first kappa shape index (κ1) is 14.8. The lowest BCUT2D eigenvalue weighted by Gasteiger charge is -2.37. The highest BCUT2D eigenvalue weighted by Gasteiger charge is 2.44. The van der Waals surface area contributed by atoms with Gasteiger partial charge in [-0.15, -0.1) is 0 Å². The molecule has 2 saturated heterocycles. The number of piperidine rings is 1. The summed E-state index contributed by atoms with van der Waals surface area (Å²) in [5.74, 6) is 2.27. The molecule has 1 spiro atoms. The molecule has 0 aromatic heterocycles. The van der Waals surface area contributed by atoms with Crippen molar-refractivity contribution in [3.8, 4) is 0 Å². The van der Waals surface area contributed by atoms with Gasteiger partial charge in [0.05, 0.1) is 12.7 Å². The molecule has 0 aromatic carbocycles. The number of hydrogen-bond donors (Lipinski definition) is 0.